The SMILES string of the molecule is CC(Cl)(CCc1ccc([N+](=O)[O-])cc1)N=Nc1ccc(Cl)cc1. The molecule has 0 radical (unpaired) electrons. The number of nitro benzene ring substituents is 1. The van der Waals surface area contributed by atoms with Gasteiger partial charge in [0.05, 0.1) is 10.6 Å². The smallest absolute Gasteiger partial charge is 0.258 e. The summed E-state index contributed by atoms with van der Waals surface area (Å²) in [5.74, 6) is 0. The largest absolute Gasteiger partial charge is 0.269 e. The molecule has 0 saturated carbocycles. The first-order valence-corrected chi connectivity index (χ1v) is 7.72. The molecule has 1 unspecified atom stereocenters. The number of nitrogens with zero attached hydrogens (tertiary/aromatic N) is 3. The van der Waals surface area contributed by atoms with Crippen LogP contribution < -0.4 is 0 Å². The monoisotopic (exact) mass is 351 g/mol. The van der Waals surface area contributed by atoms with E-state index in [0.717, 1.165) is 5.56 Å². The summed E-state index contributed by atoms with van der Waals surface area (Å²) < 4.78 is 0. The zero-order chi connectivity index (χ0) is 16.9. The van der Waals surface area contributed by atoms with E-state index in [2.05, 4.69) is 10.2 Å². The predicted molar refractivity (Wildman–Crippen MR) is 91.6 cm³/mol. The van der Waals surface area contributed by atoms with Crippen LogP contribution >= 0.6 is 23.2 Å². The van der Waals surface area contributed by atoms with Crippen molar-refractivity contribution in [3.05, 3.63) is 69.2 Å². The quantitative estimate of drug-likeness (QED) is 0.213. The van der Waals surface area contributed by atoms with Gasteiger partial charge >= 0.3 is 0 Å². The van der Waals surface area contributed by atoms with Crippen molar-refractivity contribution in [2.24, 2.45) is 10.2 Å². The van der Waals surface area contributed by atoms with Crippen molar-refractivity contribution in [1.82, 2.24) is 0 Å². The van der Waals surface area contributed by atoms with E-state index in [1.165, 1.54) is 12.1 Å². The van der Waals surface area contributed by atoms with Crippen molar-refractivity contribution in [2.45, 2.75) is 24.8 Å². The Kier molecular flexibility index (Phi) is 5.69. The highest BCUT2D eigenvalue weighted by molar-refractivity contribution is 6.30. The molecule has 5 nitrogen and oxygen atoms in total. The molecule has 0 fully saturated rings. The minimum Gasteiger partial charge on any atom is -0.258 e. The number of hydrogen-bond acceptors (Lipinski definition) is 4. The molecular formula is C16H15Cl2N3O2. The van der Waals surface area contributed by atoms with Crippen LogP contribution in [0, 0.1) is 10.1 Å². The lowest BCUT2D eigenvalue weighted by Gasteiger charge is -2.15. The van der Waals surface area contributed by atoms with E-state index in [0.29, 0.717) is 23.6 Å². The van der Waals surface area contributed by atoms with Gasteiger partial charge in [-0.2, -0.15) is 10.2 Å². The Hall–Kier alpha value is -1.98. The summed E-state index contributed by atoms with van der Waals surface area (Å²) in [6.07, 6.45) is 1.21. The van der Waals surface area contributed by atoms with Crippen LogP contribution in [0.4, 0.5) is 11.4 Å². The molecule has 2 aromatic rings. The Morgan fingerprint density at radius 2 is 1.74 bits per heavy atom. The van der Waals surface area contributed by atoms with E-state index in [1.807, 2.05) is 0 Å². The van der Waals surface area contributed by atoms with E-state index in [-0.39, 0.29) is 5.69 Å². The fraction of sp³-hybridized carbons (Fsp3) is 0.250. The molecule has 1 atom stereocenters. The van der Waals surface area contributed by atoms with Crippen LogP contribution in [0.25, 0.3) is 0 Å². The highest BCUT2D eigenvalue weighted by Gasteiger charge is 2.20. The second-order valence-electron chi connectivity index (χ2n) is 5.24. The third-order valence-electron chi connectivity index (χ3n) is 3.22. The van der Waals surface area contributed by atoms with Crippen molar-refractivity contribution < 1.29 is 4.92 Å². The summed E-state index contributed by atoms with van der Waals surface area (Å²) in [6.45, 7) is 1.78. The van der Waals surface area contributed by atoms with Crippen molar-refractivity contribution in [3.8, 4) is 0 Å². The third-order valence-corrected chi connectivity index (χ3v) is 3.73. The zero-order valence-electron chi connectivity index (χ0n) is 12.4. The molecular weight excluding hydrogens is 337 g/mol. The van der Waals surface area contributed by atoms with Gasteiger partial charge in [-0.3, -0.25) is 10.1 Å². The molecule has 2 rings (SSSR count). The fourth-order valence-electron chi connectivity index (χ4n) is 1.88. The van der Waals surface area contributed by atoms with Crippen LogP contribution in [0.1, 0.15) is 18.9 Å². The summed E-state index contributed by atoms with van der Waals surface area (Å²) in [7, 11) is 0. The minimum atomic E-state index is -0.846. The summed E-state index contributed by atoms with van der Waals surface area (Å²) >= 11 is 12.2. The van der Waals surface area contributed by atoms with Gasteiger partial charge in [0, 0.05) is 17.2 Å². The number of non-ortho nitro benzene ring substituents is 1. The van der Waals surface area contributed by atoms with Crippen LogP contribution in [-0.2, 0) is 6.42 Å². The average molecular weight is 352 g/mol. The zero-order valence-corrected chi connectivity index (χ0v) is 14.0. The van der Waals surface area contributed by atoms with E-state index < -0.39 is 9.92 Å². The number of azo groups is 1. The van der Waals surface area contributed by atoms with E-state index in [4.69, 9.17) is 23.2 Å². The Morgan fingerprint density at radius 3 is 2.30 bits per heavy atom. The van der Waals surface area contributed by atoms with E-state index in [1.54, 1.807) is 43.3 Å². The molecule has 0 spiro atoms. The first kappa shape index (κ1) is 17.4. The van der Waals surface area contributed by atoms with Crippen LogP contribution in [0.3, 0.4) is 0 Å². The molecule has 7 heteroatoms. The second kappa shape index (κ2) is 7.53. The van der Waals surface area contributed by atoms with Gasteiger partial charge in [0.1, 0.15) is 0 Å². The van der Waals surface area contributed by atoms with Crippen LogP contribution in [0.2, 0.25) is 5.02 Å². The number of nitro groups is 1. The molecule has 0 saturated heterocycles. The van der Waals surface area contributed by atoms with Crippen molar-refractivity contribution in [2.75, 3.05) is 0 Å². The summed E-state index contributed by atoms with van der Waals surface area (Å²) in [4.78, 5) is 9.35. The maximum Gasteiger partial charge on any atom is 0.269 e. The van der Waals surface area contributed by atoms with Gasteiger partial charge in [-0.25, -0.2) is 0 Å². The van der Waals surface area contributed by atoms with Gasteiger partial charge in [-0.15, -0.1) is 0 Å². The van der Waals surface area contributed by atoms with Crippen molar-refractivity contribution >= 4 is 34.6 Å². The topological polar surface area (TPSA) is 67.9 Å². The lowest BCUT2D eigenvalue weighted by Crippen LogP contribution is -2.13. The second-order valence-corrected chi connectivity index (χ2v) is 6.49. The Labute approximate surface area is 144 Å². The lowest BCUT2D eigenvalue weighted by atomic mass is 10.1. The molecule has 0 heterocycles. The fourth-order valence-corrected chi connectivity index (χ4v) is 2.13. The first-order valence-electron chi connectivity index (χ1n) is 6.96. The van der Waals surface area contributed by atoms with Gasteiger partial charge in [0.2, 0.25) is 0 Å². The van der Waals surface area contributed by atoms with Crippen LogP contribution in [0.15, 0.2) is 58.8 Å². The summed E-state index contributed by atoms with van der Waals surface area (Å²) in [6, 6.07) is 13.4. The number of aryl methyl sites for hydroxylation is 1. The molecule has 0 aliphatic carbocycles. The Morgan fingerprint density at radius 1 is 1.13 bits per heavy atom. The summed E-state index contributed by atoms with van der Waals surface area (Å²) in [5.41, 5.74) is 1.71. The number of rotatable bonds is 6. The van der Waals surface area contributed by atoms with Gasteiger partial charge in [-0.05, 0) is 49.6 Å². The van der Waals surface area contributed by atoms with Crippen molar-refractivity contribution in [3.63, 3.8) is 0 Å². The van der Waals surface area contributed by atoms with Gasteiger partial charge in [-0.1, -0.05) is 35.3 Å². The molecule has 0 aliphatic rings. The molecule has 23 heavy (non-hydrogen) atoms. The first-order chi connectivity index (χ1) is 10.9. The normalized spacial score (nSPS) is 13.9. The Bertz CT molecular complexity index is 698. The molecule has 120 valence electrons. The standard InChI is InChI=1S/C16H15Cl2N3O2/c1-16(18,20-19-14-6-4-13(17)5-7-14)11-10-12-2-8-15(9-3-12)21(22)23/h2-9H,10-11H2,1H3. The Balaban J connectivity index is 1.95. The van der Waals surface area contributed by atoms with E-state index >= 15 is 0 Å². The molecule has 0 N–H and O–H groups in total. The number of hydrogen-bond donors (Lipinski definition) is 0. The maximum absolute atomic E-state index is 10.6. The van der Waals surface area contributed by atoms with Gasteiger partial charge in [0.25, 0.3) is 5.69 Å². The lowest BCUT2D eigenvalue weighted by molar-refractivity contribution is -0.384. The highest BCUT2D eigenvalue weighted by Crippen LogP contribution is 2.27. The van der Waals surface area contributed by atoms with Crippen LogP contribution in [0.5, 0.6) is 0 Å². The molecule has 0 bridgehead atoms. The molecule has 2 aromatic carbocycles. The molecule has 0 aromatic heterocycles. The predicted octanol–water partition coefficient (Wildman–Crippen LogP) is 5.92. The number of halogens is 2. The molecule has 0 aliphatic heterocycles. The average Bonchev–Trinajstić information content (AvgIpc) is 2.53. The number of benzene rings is 2. The minimum absolute atomic E-state index is 0.0739. The molecule has 0 amide bonds. The highest BCUT2D eigenvalue weighted by atomic mass is 35.5. The van der Waals surface area contributed by atoms with Gasteiger partial charge < -0.3 is 0 Å². The third kappa shape index (κ3) is 5.62. The van der Waals surface area contributed by atoms with Gasteiger partial charge in [0.15, 0.2) is 5.00 Å². The van der Waals surface area contributed by atoms with Crippen molar-refractivity contribution in [1.29, 1.82) is 0 Å². The maximum atomic E-state index is 10.6. The summed E-state index contributed by atoms with van der Waals surface area (Å²) in [5, 5.41) is 19.5. The van der Waals surface area contributed by atoms with E-state index in [9.17, 15) is 10.1 Å². The number of alkyl halides is 1. The van der Waals surface area contributed by atoms with Crippen LogP contribution in [-0.4, -0.2) is 9.92 Å².